The highest BCUT2D eigenvalue weighted by Gasteiger charge is 2.62. The molecular weight excluding hydrogens is 537 g/mol. The molecule has 2 aliphatic rings. The monoisotopic (exact) mass is 577 g/mol. The lowest BCUT2D eigenvalue weighted by atomic mass is 10.1. The van der Waals surface area contributed by atoms with E-state index in [-0.39, 0.29) is 34.9 Å². The fourth-order valence-electron chi connectivity index (χ4n) is 4.84. The first-order chi connectivity index (χ1) is 15.5. The molecule has 0 saturated carbocycles. The van der Waals surface area contributed by atoms with E-state index >= 15 is 0 Å². The third-order valence-electron chi connectivity index (χ3n) is 6.52. The standard InChI is InChI=1S/C22H42Cl3NO6Si2/c1-12(2)28-19-18-17(29-20(19)30-21(26)22(23,24)25)11-27-33(13(3)4,14(5)6)32-34(31-18,15(7)8)16(9)10/h12-20,26H,11H2,1-10H3/t17-,18?,19?,20+/m1/s1. The summed E-state index contributed by atoms with van der Waals surface area (Å²) in [7, 11) is -5.59. The molecule has 4 atom stereocenters. The van der Waals surface area contributed by atoms with Crippen molar-refractivity contribution in [2.45, 2.75) is 126 Å². The number of hydrogen-bond donors (Lipinski definition) is 1. The molecule has 2 saturated heterocycles. The minimum absolute atomic E-state index is 0.148. The number of halogens is 3. The Balaban J connectivity index is 2.56. The van der Waals surface area contributed by atoms with Crippen molar-refractivity contribution in [3.8, 4) is 0 Å². The van der Waals surface area contributed by atoms with Crippen LogP contribution < -0.4 is 0 Å². The summed E-state index contributed by atoms with van der Waals surface area (Å²) in [4.78, 5) is 0. The molecule has 2 rings (SSSR count). The Labute approximate surface area is 222 Å². The van der Waals surface area contributed by atoms with Gasteiger partial charge in [0.05, 0.1) is 12.7 Å². The molecule has 7 nitrogen and oxygen atoms in total. The predicted octanol–water partition coefficient (Wildman–Crippen LogP) is 6.83. The van der Waals surface area contributed by atoms with E-state index < -0.39 is 51.4 Å². The van der Waals surface area contributed by atoms with Crippen LogP contribution in [-0.4, -0.2) is 64.1 Å². The molecule has 2 unspecified atom stereocenters. The van der Waals surface area contributed by atoms with Crippen LogP contribution in [0.25, 0.3) is 0 Å². The average molecular weight is 579 g/mol. The first kappa shape index (κ1) is 30.8. The van der Waals surface area contributed by atoms with Crippen molar-refractivity contribution in [2.24, 2.45) is 0 Å². The second-order valence-corrected chi connectivity index (χ2v) is 21.8. The van der Waals surface area contributed by atoms with Gasteiger partial charge in [0, 0.05) is 0 Å². The maximum atomic E-state index is 8.08. The molecule has 0 amide bonds. The van der Waals surface area contributed by atoms with Gasteiger partial charge in [0.15, 0.2) is 0 Å². The third-order valence-corrected chi connectivity index (χ3v) is 17.3. The normalized spacial score (nSPS) is 29.6. The molecule has 12 heteroatoms. The number of fused-ring (bicyclic) bond motifs is 1. The van der Waals surface area contributed by atoms with E-state index in [9.17, 15) is 0 Å². The summed E-state index contributed by atoms with van der Waals surface area (Å²) in [5.74, 6) is -0.532. The molecule has 0 bridgehead atoms. The number of ether oxygens (including phenoxy) is 3. The third kappa shape index (κ3) is 6.34. The van der Waals surface area contributed by atoms with Gasteiger partial charge in [-0.3, -0.25) is 5.41 Å². The molecule has 0 aromatic rings. The summed E-state index contributed by atoms with van der Waals surface area (Å²) in [5.41, 5.74) is 0.730. The van der Waals surface area contributed by atoms with Gasteiger partial charge in [-0.2, -0.15) is 0 Å². The van der Waals surface area contributed by atoms with Crippen LogP contribution in [-0.2, 0) is 27.2 Å². The number of alkyl halides is 3. The fourth-order valence-corrected chi connectivity index (χ4v) is 16.2. The smallest absolute Gasteiger partial charge is 0.335 e. The van der Waals surface area contributed by atoms with Crippen LogP contribution >= 0.6 is 34.8 Å². The summed E-state index contributed by atoms with van der Waals surface area (Å²) in [5, 5.41) is 8.08. The Morgan fingerprint density at radius 1 is 0.882 bits per heavy atom. The summed E-state index contributed by atoms with van der Waals surface area (Å²) >= 11 is 17.6. The molecule has 0 aromatic carbocycles. The van der Waals surface area contributed by atoms with Crippen LogP contribution in [0.1, 0.15) is 69.2 Å². The zero-order valence-electron chi connectivity index (χ0n) is 22.0. The van der Waals surface area contributed by atoms with Gasteiger partial charge in [0.25, 0.3) is 3.79 Å². The fraction of sp³-hybridized carbons (Fsp3) is 0.955. The molecule has 34 heavy (non-hydrogen) atoms. The molecule has 0 aromatic heterocycles. The van der Waals surface area contributed by atoms with Gasteiger partial charge < -0.3 is 27.2 Å². The van der Waals surface area contributed by atoms with E-state index in [4.69, 9.17) is 67.4 Å². The highest BCUT2D eigenvalue weighted by molar-refractivity contribution is 6.84. The molecule has 0 aliphatic carbocycles. The van der Waals surface area contributed by atoms with Gasteiger partial charge in [-0.05, 0) is 36.0 Å². The van der Waals surface area contributed by atoms with Crippen LogP contribution in [0.5, 0.6) is 0 Å². The highest BCUT2D eigenvalue weighted by Crippen LogP contribution is 2.48. The number of rotatable bonds is 7. The van der Waals surface area contributed by atoms with Gasteiger partial charge in [0.1, 0.15) is 18.3 Å². The molecule has 2 fully saturated rings. The van der Waals surface area contributed by atoms with Crippen molar-refractivity contribution in [3.63, 3.8) is 0 Å². The van der Waals surface area contributed by atoms with Crippen molar-refractivity contribution in [1.82, 2.24) is 0 Å². The van der Waals surface area contributed by atoms with Crippen LogP contribution in [0.15, 0.2) is 0 Å². The minimum atomic E-state index is -2.88. The van der Waals surface area contributed by atoms with E-state index in [2.05, 4.69) is 55.4 Å². The molecule has 2 heterocycles. The van der Waals surface area contributed by atoms with Gasteiger partial charge in [0.2, 0.25) is 12.2 Å². The van der Waals surface area contributed by atoms with Crippen LogP contribution in [0.4, 0.5) is 0 Å². The van der Waals surface area contributed by atoms with E-state index in [0.717, 1.165) is 0 Å². The van der Waals surface area contributed by atoms with Crippen molar-refractivity contribution < 1.29 is 27.2 Å². The molecular formula is C22H42Cl3NO6Si2. The van der Waals surface area contributed by atoms with E-state index in [1.165, 1.54) is 0 Å². The van der Waals surface area contributed by atoms with Crippen LogP contribution in [0, 0.1) is 5.41 Å². The predicted molar refractivity (Wildman–Crippen MR) is 142 cm³/mol. The average Bonchev–Trinajstić information content (AvgIpc) is 2.95. The summed E-state index contributed by atoms with van der Waals surface area (Å²) in [6.45, 7) is 21.4. The SMILES string of the molecule is CC(C)OC1C2O[Si](C(C)C)(C(C)C)O[Si](C(C)C)(C(C)C)OC[C@H]2O[C@H]1OC(=N)C(Cl)(Cl)Cl. The largest absolute Gasteiger partial charge is 0.445 e. The van der Waals surface area contributed by atoms with Crippen molar-refractivity contribution in [1.29, 1.82) is 5.41 Å². The van der Waals surface area contributed by atoms with Crippen molar-refractivity contribution in [2.75, 3.05) is 6.61 Å². The first-order valence-electron chi connectivity index (χ1n) is 12.1. The topological polar surface area (TPSA) is 79.2 Å². The Morgan fingerprint density at radius 3 is 1.79 bits per heavy atom. The molecule has 2 aliphatic heterocycles. The molecule has 1 N–H and O–H groups in total. The maximum Gasteiger partial charge on any atom is 0.335 e. The lowest BCUT2D eigenvalue weighted by Crippen LogP contribution is -2.66. The number of hydrogen-bond acceptors (Lipinski definition) is 7. The zero-order chi connectivity index (χ0) is 26.2. The summed E-state index contributed by atoms with van der Waals surface area (Å²) < 4.78 is 37.2. The number of nitrogens with one attached hydrogen (secondary N) is 1. The van der Waals surface area contributed by atoms with Crippen molar-refractivity contribution in [3.05, 3.63) is 0 Å². The van der Waals surface area contributed by atoms with Gasteiger partial charge in [-0.15, -0.1) is 0 Å². The summed E-state index contributed by atoms with van der Waals surface area (Å²) in [6, 6.07) is 0. The van der Waals surface area contributed by atoms with Gasteiger partial charge in [-0.1, -0.05) is 90.2 Å². The van der Waals surface area contributed by atoms with Crippen LogP contribution in [0.3, 0.4) is 0 Å². The minimum Gasteiger partial charge on any atom is -0.445 e. The molecule has 0 spiro atoms. The highest BCUT2D eigenvalue weighted by atomic mass is 35.6. The van der Waals surface area contributed by atoms with E-state index in [1.54, 1.807) is 0 Å². The second-order valence-electron chi connectivity index (χ2n) is 10.7. The Morgan fingerprint density at radius 2 is 1.38 bits per heavy atom. The van der Waals surface area contributed by atoms with Crippen molar-refractivity contribution >= 4 is 57.8 Å². The zero-order valence-corrected chi connectivity index (χ0v) is 26.3. The lowest BCUT2D eigenvalue weighted by Gasteiger charge is -2.51. The second kappa shape index (κ2) is 11.5. The Kier molecular flexibility index (Phi) is 10.4. The lowest BCUT2D eigenvalue weighted by molar-refractivity contribution is -0.148. The quantitative estimate of drug-likeness (QED) is 0.154. The first-order valence-corrected chi connectivity index (χ1v) is 17.2. The summed E-state index contributed by atoms with van der Waals surface area (Å²) in [6.07, 6.45) is -2.78. The Bertz CT molecular complexity index is 689. The van der Waals surface area contributed by atoms with Crippen LogP contribution in [0.2, 0.25) is 22.2 Å². The van der Waals surface area contributed by atoms with E-state index in [0.29, 0.717) is 0 Å². The van der Waals surface area contributed by atoms with Gasteiger partial charge in [-0.25, -0.2) is 0 Å². The maximum absolute atomic E-state index is 8.08. The van der Waals surface area contributed by atoms with E-state index in [1.807, 2.05) is 13.8 Å². The van der Waals surface area contributed by atoms with Gasteiger partial charge >= 0.3 is 17.1 Å². The molecule has 0 radical (unpaired) electrons. The molecule has 200 valence electrons. The Hall–Kier alpha value is 0.574.